The standard InChI is InChI=1S/C17H13F2N3O3/c1-9-15(21-22-17(24)25-9)10-5-7-11(8-6-10)20-16(23)14-12(18)3-2-4-13(14)19/h2-9H,1H3,(H,20,23)(H,22,24). The fourth-order valence-corrected chi connectivity index (χ4v) is 2.37. The van der Waals surface area contributed by atoms with Crippen molar-refractivity contribution in [1.29, 1.82) is 0 Å². The molecule has 6 nitrogen and oxygen atoms in total. The predicted octanol–water partition coefficient (Wildman–Crippen LogP) is 3.05. The van der Waals surface area contributed by atoms with Crippen LogP contribution in [0.3, 0.4) is 0 Å². The SMILES string of the molecule is CC1OC(=O)NN=C1c1ccc(NC(=O)c2c(F)cccc2F)cc1. The van der Waals surface area contributed by atoms with Crippen molar-refractivity contribution in [3.05, 3.63) is 65.2 Å². The number of halogens is 2. The van der Waals surface area contributed by atoms with E-state index in [-0.39, 0.29) is 0 Å². The monoisotopic (exact) mass is 345 g/mol. The average Bonchev–Trinajstić information content (AvgIpc) is 2.56. The summed E-state index contributed by atoms with van der Waals surface area (Å²) in [5.74, 6) is -2.76. The van der Waals surface area contributed by atoms with Crippen LogP contribution in [-0.4, -0.2) is 23.8 Å². The van der Waals surface area contributed by atoms with Crippen LogP contribution in [0.5, 0.6) is 0 Å². The number of nitrogens with zero attached hydrogens (tertiary/aromatic N) is 1. The summed E-state index contributed by atoms with van der Waals surface area (Å²) in [7, 11) is 0. The van der Waals surface area contributed by atoms with Gasteiger partial charge in [0.15, 0.2) is 0 Å². The van der Waals surface area contributed by atoms with Crippen LogP contribution in [0.15, 0.2) is 47.6 Å². The van der Waals surface area contributed by atoms with Crippen LogP contribution in [0.2, 0.25) is 0 Å². The molecule has 1 heterocycles. The molecule has 0 radical (unpaired) electrons. The van der Waals surface area contributed by atoms with E-state index in [1.54, 1.807) is 31.2 Å². The molecule has 0 aliphatic carbocycles. The van der Waals surface area contributed by atoms with Gasteiger partial charge in [-0.3, -0.25) is 4.79 Å². The second-order valence-corrected chi connectivity index (χ2v) is 5.28. The van der Waals surface area contributed by atoms with E-state index in [1.807, 2.05) is 0 Å². The summed E-state index contributed by atoms with van der Waals surface area (Å²) in [6, 6.07) is 9.60. The number of carbonyl (C=O) groups excluding carboxylic acids is 2. The summed E-state index contributed by atoms with van der Waals surface area (Å²) in [5.41, 5.74) is 3.10. The summed E-state index contributed by atoms with van der Waals surface area (Å²) in [6.07, 6.45) is -1.16. The van der Waals surface area contributed by atoms with Crippen LogP contribution < -0.4 is 10.7 Å². The molecule has 0 saturated carbocycles. The molecule has 2 aromatic rings. The van der Waals surface area contributed by atoms with Crippen molar-refractivity contribution >= 4 is 23.4 Å². The van der Waals surface area contributed by atoms with E-state index in [9.17, 15) is 18.4 Å². The normalized spacial score (nSPS) is 16.5. The van der Waals surface area contributed by atoms with Crippen molar-refractivity contribution in [1.82, 2.24) is 5.43 Å². The molecule has 2 N–H and O–H groups in total. The molecule has 2 aromatic carbocycles. The van der Waals surface area contributed by atoms with E-state index in [0.29, 0.717) is 17.0 Å². The number of anilines is 1. The lowest BCUT2D eigenvalue weighted by Crippen LogP contribution is -2.37. The fraction of sp³-hybridized carbons (Fsp3) is 0.118. The first-order valence-electron chi connectivity index (χ1n) is 7.35. The van der Waals surface area contributed by atoms with E-state index in [2.05, 4.69) is 15.8 Å². The lowest BCUT2D eigenvalue weighted by Gasteiger charge is -2.20. The number of benzene rings is 2. The topological polar surface area (TPSA) is 79.8 Å². The van der Waals surface area contributed by atoms with Gasteiger partial charge in [0.25, 0.3) is 5.91 Å². The van der Waals surface area contributed by atoms with Crippen molar-refractivity contribution in [2.24, 2.45) is 5.10 Å². The molecule has 0 spiro atoms. The van der Waals surface area contributed by atoms with Crippen molar-refractivity contribution < 1.29 is 23.1 Å². The number of hydrogen-bond acceptors (Lipinski definition) is 4. The second-order valence-electron chi connectivity index (χ2n) is 5.28. The maximum atomic E-state index is 13.6. The van der Waals surface area contributed by atoms with Gasteiger partial charge in [-0.05, 0) is 31.2 Å². The molecule has 0 saturated heterocycles. The van der Waals surface area contributed by atoms with Gasteiger partial charge in [-0.25, -0.2) is 19.0 Å². The summed E-state index contributed by atoms with van der Waals surface area (Å²) in [5, 5.41) is 6.36. The Labute approximate surface area is 141 Å². The third-order valence-electron chi connectivity index (χ3n) is 3.56. The smallest absolute Gasteiger partial charge is 0.428 e. The highest BCUT2D eigenvalue weighted by Crippen LogP contribution is 2.17. The maximum Gasteiger partial charge on any atom is 0.428 e. The maximum absolute atomic E-state index is 13.6. The molecule has 1 unspecified atom stereocenters. The van der Waals surface area contributed by atoms with Gasteiger partial charge in [0.1, 0.15) is 29.0 Å². The van der Waals surface area contributed by atoms with Gasteiger partial charge in [0.05, 0.1) is 0 Å². The summed E-state index contributed by atoms with van der Waals surface area (Å²) >= 11 is 0. The number of cyclic esters (lactones) is 1. The lowest BCUT2D eigenvalue weighted by molar-refractivity contribution is 0.101. The van der Waals surface area contributed by atoms with E-state index in [0.717, 1.165) is 12.1 Å². The van der Waals surface area contributed by atoms with Gasteiger partial charge in [0.2, 0.25) is 0 Å². The van der Waals surface area contributed by atoms with Crippen LogP contribution in [0, 0.1) is 11.6 Å². The van der Waals surface area contributed by atoms with Gasteiger partial charge in [0, 0.05) is 11.3 Å². The largest absolute Gasteiger partial charge is 0.439 e. The number of rotatable bonds is 3. The Morgan fingerprint density at radius 2 is 1.80 bits per heavy atom. The third kappa shape index (κ3) is 3.47. The summed E-state index contributed by atoms with van der Waals surface area (Å²) in [6.45, 7) is 1.67. The highest BCUT2D eigenvalue weighted by atomic mass is 19.1. The lowest BCUT2D eigenvalue weighted by atomic mass is 10.1. The number of hydrazone groups is 1. The number of hydrogen-bond donors (Lipinski definition) is 2. The van der Waals surface area contributed by atoms with Gasteiger partial charge in [-0.2, -0.15) is 5.10 Å². The second kappa shape index (κ2) is 6.68. The molecule has 0 aromatic heterocycles. The Balaban J connectivity index is 1.77. The van der Waals surface area contributed by atoms with Gasteiger partial charge in [-0.15, -0.1) is 0 Å². The predicted molar refractivity (Wildman–Crippen MR) is 86.4 cm³/mol. The molecule has 3 rings (SSSR count). The van der Waals surface area contributed by atoms with Crippen LogP contribution >= 0.6 is 0 Å². The highest BCUT2D eigenvalue weighted by molar-refractivity contribution is 6.07. The zero-order valence-electron chi connectivity index (χ0n) is 13.0. The molecular formula is C17H13F2N3O3. The van der Waals surface area contributed by atoms with Crippen molar-refractivity contribution in [3.8, 4) is 0 Å². The molecule has 0 fully saturated rings. The van der Waals surface area contributed by atoms with Crippen LogP contribution in [-0.2, 0) is 4.74 Å². The zero-order chi connectivity index (χ0) is 18.0. The first-order valence-corrected chi connectivity index (χ1v) is 7.35. The average molecular weight is 345 g/mol. The number of nitrogens with one attached hydrogen (secondary N) is 2. The van der Waals surface area contributed by atoms with Crippen molar-refractivity contribution in [2.75, 3.05) is 5.32 Å². The van der Waals surface area contributed by atoms with E-state index in [4.69, 9.17) is 4.74 Å². The summed E-state index contributed by atoms with van der Waals surface area (Å²) in [4.78, 5) is 23.1. The Kier molecular flexibility index (Phi) is 4.42. The molecule has 1 aliphatic rings. The molecular weight excluding hydrogens is 332 g/mol. The third-order valence-corrected chi connectivity index (χ3v) is 3.56. The highest BCUT2D eigenvalue weighted by Gasteiger charge is 2.22. The minimum Gasteiger partial charge on any atom is -0.439 e. The molecule has 25 heavy (non-hydrogen) atoms. The van der Waals surface area contributed by atoms with E-state index < -0.39 is 35.3 Å². The first kappa shape index (κ1) is 16.6. The van der Waals surface area contributed by atoms with Crippen molar-refractivity contribution in [3.63, 3.8) is 0 Å². The number of amides is 2. The van der Waals surface area contributed by atoms with Crippen LogP contribution in [0.25, 0.3) is 0 Å². The Morgan fingerprint density at radius 3 is 2.40 bits per heavy atom. The Morgan fingerprint density at radius 1 is 1.16 bits per heavy atom. The fourth-order valence-electron chi connectivity index (χ4n) is 2.37. The van der Waals surface area contributed by atoms with Crippen molar-refractivity contribution in [2.45, 2.75) is 13.0 Å². The first-order chi connectivity index (χ1) is 12.0. The van der Waals surface area contributed by atoms with Crippen LogP contribution in [0.1, 0.15) is 22.8 Å². The Bertz CT molecular complexity index is 846. The van der Waals surface area contributed by atoms with Gasteiger partial charge in [-0.1, -0.05) is 18.2 Å². The minimum atomic E-state index is -0.938. The van der Waals surface area contributed by atoms with E-state index >= 15 is 0 Å². The zero-order valence-corrected chi connectivity index (χ0v) is 13.0. The van der Waals surface area contributed by atoms with Gasteiger partial charge >= 0.3 is 6.09 Å². The minimum absolute atomic E-state index is 0.352. The Hall–Kier alpha value is -3.29. The van der Waals surface area contributed by atoms with Gasteiger partial charge < -0.3 is 10.1 Å². The van der Waals surface area contributed by atoms with E-state index in [1.165, 1.54) is 6.07 Å². The molecule has 0 bridgehead atoms. The number of ether oxygens (including phenoxy) is 1. The molecule has 2 amide bonds. The molecule has 1 aliphatic heterocycles. The molecule has 128 valence electrons. The number of carbonyl (C=O) groups is 2. The summed E-state index contributed by atoms with van der Waals surface area (Å²) < 4.78 is 32.2. The van der Waals surface area contributed by atoms with Crippen LogP contribution in [0.4, 0.5) is 19.3 Å². The molecule has 1 atom stereocenters. The quantitative estimate of drug-likeness (QED) is 0.897. The molecule has 8 heteroatoms.